The highest BCUT2D eigenvalue weighted by atomic mass is 35.5. The zero-order chi connectivity index (χ0) is 13.4. The van der Waals surface area contributed by atoms with Crippen LogP contribution in [0.1, 0.15) is 25.8 Å². The van der Waals surface area contributed by atoms with E-state index in [-0.39, 0.29) is 24.4 Å². The van der Waals surface area contributed by atoms with E-state index in [1.54, 1.807) is 0 Å². The summed E-state index contributed by atoms with van der Waals surface area (Å²) in [5, 5.41) is 2.84. The Morgan fingerprint density at radius 3 is 2.68 bits per heavy atom. The van der Waals surface area contributed by atoms with Crippen molar-refractivity contribution < 1.29 is 9.53 Å². The molecule has 1 aromatic rings. The molecule has 0 bridgehead atoms. The van der Waals surface area contributed by atoms with E-state index >= 15 is 0 Å². The Kier molecular flexibility index (Phi) is 9.00. The first kappa shape index (κ1) is 17.7. The molecule has 0 spiro atoms. The lowest BCUT2D eigenvalue weighted by Crippen LogP contribution is -2.27. The Balaban J connectivity index is 0.00000324. The van der Waals surface area contributed by atoms with Gasteiger partial charge in [-0.2, -0.15) is 0 Å². The van der Waals surface area contributed by atoms with Gasteiger partial charge in [-0.15, -0.1) is 12.4 Å². The molecular formula is C14H23ClN2O2. The third-order valence-corrected chi connectivity index (χ3v) is 2.39. The fourth-order valence-corrected chi connectivity index (χ4v) is 1.58. The molecule has 0 saturated carbocycles. The van der Waals surface area contributed by atoms with Gasteiger partial charge < -0.3 is 15.8 Å². The average Bonchev–Trinajstić information content (AvgIpc) is 2.31. The van der Waals surface area contributed by atoms with Gasteiger partial charge >= 0.3 is 0 Å². The van der Waals surface area contributed by atoms with Crippen LogP contribution in [0.2, 0.25) is 0 Å². The smallest absolute Gasteiger partial charge is 0.224 e. The molecule has 0 aliphatic heterocycles. The molecule has 1 rings (SSSR count). The first-order valence-electron chi connectivity index (χ1n) is 6.34. The van der Waals surface area contributed by atoms with E-state index in [1.807, 2.05) is 38.1 Å². The molecular weight excluding hydrogens is 264 g/mol. The molecule has 0 aliphatic rings. The van der Waals surface area contributed by atoms with Gasteiger partial charge in [0.15, 0.2) is 0 Å². The highest BCUT2D eigenvalue weighted by Gasteiger charge is 2.09. The normalized spacial score (nSPS) is 9.89. The number of carbonyl (C=O) groups is 1. The Bertz CT molecular complexity index is 383. The van der Waals surface area contributed by atoms with E-state index in [0.717, 1.165) is 17.7 Å². The van der Waals surface area contributed by atoms with E-state index in [1.165, 1.54) is 0 Å². The van der Waals surface area contributed by atoms with Crippen molar-refractivity contribution >= 4 is 18.3 Å². The number of amides is 1. The number of hydrogen-bond donors (Lipinski definition) is 2. The maximum atomic E-state index is 11.7. The van der Waals surface area contributed by atoms with Crippen molar-refractivity contribution in [3.05, 3.63) is 29.8 Å². The van der Waals surface area contributed by atoms with Gasteiger partial charge in [-0.1, -0.05) is 18.2 Å². The van der Waals surface area contributed by atoms with E-state index in [4.69, 9.17) is 10.5 Å². The predicted molar refractivity (Wildman–Crippen MR) is 79.8 cm³/mol. The molecule has 108 valence electrons. The molecule has 0 aromatic heterocycles. The summed E-state index contributed by atoms with van der Waals surface area (Å²) < 4.78 is 5.67. The Morgan fingerprint density at radius 2 is 2.05 bits per heavy atom. The van der Waals surface area contributed by atoms with Crippen LogP contribution in [-0.2, 0) is 11.2 Å². The minimum Gasteiger partial charge on any atom is -0.491 e. The van der Waals surface area contributed by atoms with Crippen LogP contribution in [0.25, 0.3) is 0 Å². The summed E-state index contributed by atoms with van der Waals surface area (Å²) >= 11 is 0. The molecule has 5 heteroatoms. The lowest BCUT2D eigenvalue weighted by Gasteiger charge is -2.14. The number of nitrogens with two attached hydrogens (primary N) is 1. The minimum atomic E-state index is 0. The van der Waals surface area contributed by atoms with Gasteiger partial charge in [-0.05, 0) is 32.9 Å². The molecule has 3 N–H and O–H groups in total. The molecule has 0 aliphatic carbocycles. The molecule has 4 nitrogen and oxygen atoms in total. The van der Waals surface area contributed by atoms with E-state index in [0.29, 0.717) is 19.5 Å². The molecule has 1 aromatic carbocycles. The van der Waals surface area contributed by atoms with E-state index in [9.17, 15) is 4.79 Å². The van der Waals surface area contributed by atoms with Crippen LogP contribution >= 0.6 is 12.4 Å². The zero-order valence-corrected chi connectivity index (χ0v) is 12.3. The molecule has 0 unspecified atom stereocenters. The van der Waals surface area contributed by atoms with E-state index in [2.05, 4.69) is 5.32 Å². The molecule has 19 heavy (non-hydrogen) atoms. The fraction of sp³-hybridized carbons (Fsp3) is 0.500. The van der Waals surface area contributed by atoms with Gasteiger partial charge in [0, 0.05) is 12.1 Å². The predicted octanol–water partition coefficient (Wildman–Crippen LogP) is 1.90. The monoisotopic (exact) mass is 286 g/mol. The van der Waals surface area contributed by atoms with Gasteiger partial charge in [0.25, 0.3) is 0 Å². The van der Waals surface area contributed by atoms with Crippen molar-refractivity contribution in [3.8, 4) is 5.75 Å². The maximum absolute atomic E-state index is 11.7. The second kappa shape index (κ2) is 9.64. The Morgan fingerprint density at radius 1 is 1.37 bits per heavy atom. The lowest BCUT2D eigenvalue weighted by atomic mass is 10.1. The number of rotatable bonds is 7. The van der Waals surface area contributed by atoms with Crippen molar-refractivity contribution in [2.45, 2.75) is 32.8 Å². The second-order valence-corrected chi connectivity index (χ2v) is 4.44. The average molecular weight is 287 g/mol. The third-order valence-electron chi connectivity index (χ3n) is 2.39. The number of para-hydroxylation sites is 1. The van der Waals surface area contributed by atoms with E-state index < -0.39 is 0 Å². The topological polar surface area (TPSA) is 64.3 Å². The number of carbonyl (C=O) groups excluding carboxylic acids is 1. The van der Waals surface area contributed by atoms with Crippen LogP contribution in [0.3, 0.4) is 0 Å². The fourth-order valence-electron chi connectivity index (χ4n) is 1.58. The molecule has 0 atom stereocenters. The summed E-state index contributed by atoms with van der Waals surface area (Å²) in [5.74, 6) is 0.782. The third kappa shape index (κ3) is 7.03. The zero-order valence-electron chi connectivity index (χ0n) is 11.5. The van der Waals surface area contributed by atoms with Crippen molar-refractivity contribution in [1.29, 1.82) is 0 Å². The summed E-state index contributed by atoms with van der Waals surface area (Å²) in [4.78, 5) is 11.7. The molecule has 0 fully saturated rings. The van der Waals surface area contributed by atoms with Gasteiger partial charge in [-0.3, -0.25) is 4.79 Å². The standard InChI is InChI=1S/C14H22N2O2.ClH/c1-11(2)18-13-7-4-3-6-12(13)10-14(17)16-9-5-8-15;/h3-4,6-7,11H,5,8-10,15H2,1-2H3,(H,16,17);1H. The summed E-state index contributed by atoms with van der Waals surface area (Å²) in [6.07, 6.45) is 1.25. The molecule has 1 amide bonds. The number of nitrogens with one attached hydrogen (secondary N) is 1. The second-order valence-electron chi connectivity index (χ2n) is 4.44. The number of halogens is 1. The van der Waals surface area contributed by atoms with Gasteiger partial charge in [0.2, 0.25) is 5.91 Å². The highest BCUT2D eigenvalue weighted by Crippen LogP contribution is 2.19. The molecule has 0 saturated heterocycles. The lowest BCUT2D eigenvalue weighted by molar-refractivity contribution is -0.120. The highest BCUT2D eigenvalue weighted by molar-refractivity contribution is 5.85. The van der Waals surface area contributed by atoms with Gasteiger partial charge in [0.05, 0.1) is 12.5 Å². The molecule has 0 heterocycles. The minimum absolute atomic E-state index is 0. The van der Waals surface area contributed by atoms with Crippen molar-refractivity contribution in [1.82, 2.24) is 5.32 Å². The van der Waals surface area contributed by atoms with Crippen molar-refractivity contribution in [2.75, 3.05) is 13.1 Å². The summed E-state index contributed by atoms with van der Waals surface area (Å²) in [5.41, 5.74) is 6.29. The van der Waals surface area contributed by atoms with Crippen LogP contribution in [0.4, 0.5) is 0 Å². The quantitative estimate of drug-likeness (QED) is 0.753. The van der Waals surface area contributed by atoms with Gasteiger partial charge in [0.1, 0.15) is 5.75 Å². The SMILES string of the molecule is CC(C)Oc1ccccc1CC(=O)NCCCN.Cl. The number of hydrogen-bond acceptors (Lipinski definition) is 3. The van der Waals surface area contributed by atoms with Crippen LogP contribution in [0, 0.1) is 0 Å². The van der Waals surface area contributed by atoms with Crippen LogP contribution in [0.15, 0.2) is 24.3 Å². The summed E-state index contributed by atoms with van der Waals surface area (Å²) in [7, 11) is 0. The molecule has 0 radical (unpaired) electrons. The Hall–Kier alpha value is -1.26. The maximum Gasteiger partial charge on any atom is 0.224 e. The first-order valence-corrected chi connectivity index (χ1v) is 6.34. The van der Waals surface area contributed by atoms with Crippen molar-refractivity contribution in [2.24, 2.45) is 5.73 Å². The van der Waals surface area contributed by atoms with Crippen molar-refractivity contribution in [3.63, 3.8) is 0 Å². The summed E-state index contributed by atoms with van der Waals surface area (Å²) in [6.45, 7) is 5.16. The Labute approximate surface area is 121 Å². The summed E-state index contributed by atoms with van der Waals surface area (Å²) in [6, 6.07) is 7.63. The largest absolute Gasteiger partial charge is 0.491 e. The van der Waals surface area contributed by atoms with Gasteiger partial charge in [-0.25, -0.2) is 0 Å². The van der Waals surface area contributed by atoms with Crippen LogP contribution in [-0.4, -0.2) is 25.1 Å². The van der Waals surface area contributed by atoms with Crippen LogP contribution < -0.4 is 15.8 Å². The number of ether oxygens (including phenoxy) is 1. The first-order chi connectivity index (χ1) is 8.63. The number of benzene rings is 1. The van der Waals surface area contributed by atoms with Crippen LogP contribution in [0.5, 0.6) is 5.75 Å².